The number of amides is 1. The van der Waals surface area contributed by atoms with Gasteiger partial charge < -0.3 is 9.32 Å². The quantitative estimate of drug-likeness (QED) is 0.353. The van der Waals surface area contributed by atoms with Crippen LogP contribution in [0.25, 0.3) is 34.2 Å². The Morgan fingerprint density at radius 2 is 1.77 bits per heavy atom. The molecule has 2 heterocycles. The Labute approximate surface area is 178 Å². The van der Waals surface area contributed by atoms with Gasteiger partial charge in [-0.25, -0.2) is 4.68 Å². The summed E-state index contributed by atoms with van der Waals surface area (Å²) in [5, 5.41) is 23.4. The molecule has 0 spiro atoms. The number of hydrogen-bond donors (Lipinski definition) is 0. The largest absolute Gasteiger partial charge is 0.454 e. The number of hydrogen-bond acceptors (Lipinski definition) is 5. The summed E-state index contributed by atoms with van der Waals surface area (Å²) in [4.78, 5) is 13.6. The first kappa shape index (κ1) is 19.7. The number of benzene rings is 2. The Kier molecular flexibility index (Phi) is 5.59. The fraction of sp³-hybridized carbons (Fsp3) is 0.0833. The van der Waals surface area contributed by atoms with Gasteiger partial charge >= 0.3 is 0 Å². The third-order valence-corrected chi connectivity index (χ3v) is 4.66. The van der Waals surface area contributed by atoms with Gasteiger partial charge in [0.25, 0.3) is 0 Å². The zero-order chi connectivity index (χ0) is 21.6. The van der Waals surface area contributed by atoms with Gasteiger partial charge in [-0.2, -0.15) is 15.6 Å². The molecular weight excluding hydrogens is 390 g/mol. The van der Waals surface area contributed by atoms with Crippen LogP contribution in [0.2, 0.25) is 0 Å². The molecule has 7 heteroatoms. The van der Waals surface area contributed by atoms with Crippen LogP contribution in [0.1, 0.15) is 5.56 Å². The SMILES string of the molecule is N#CCN(CC#N)C(=O)C=Cc1cn(-c2ccccc2)nc1-c1cc2ccccc2o1. The van der Waals surface area contributed by atoms with Gasteiger partial charge in [0.15, 0.2) is 5.76 Å². The molecule has 0 unspecified atom stereocenters. The van der Waals surface area contributed by atoms with Gasteiger partial charge in [-0.1, -0.05) is 36.4 Å². The van der Waals surface area contributed by atoms with E-state index >= 15 is 0 Å². The number of carbonyl (C=O) groups is 1. The van der Waals surface area contributed by atoms with Crippen molar-refractivity contribution in [3.05, 3.63) is 78.5 Å². The molecule has 31 heavy (non-hydrogen) atoms. The number of para-hydroxylation sites is 2. The molecule has 0 saturated heterocycles. The minimum absolute atomic E-state index is 0.156. The average molecular weight is 407 g/mol. The Bertz CT molecular complexity index is 1290. The first-order valence-corrected chi connectivity index (χ1v) is 9.54. The van der Waals surface area contributed by atoms with Gasteiger partial charge in [-0.15, -0.1) is 0 Å². The van der Waals surface area contributed by atoms with Crippen LogP contribution in [-0.2, 0) is 4.79 Å². The lowest BCUT2D eigenvalue weighted by Crippen LogP contribution is -2.30. The van der Waals surface area contributed by atoms with E-state index in [1.54, 1.807) is 17.0 Å². The molecule has 4 aromatic rings. The van der Waals surface area contributed by atoms with Crippen LogP contribution in [0.3, 0.4) is 0 Å². The Balaban J connectivity index is 1.75. The summed E-state index contributed by atoms with van der Waals surface area (Å²) >= 11 is 0. The number of rotatable bonds is 6. The highest BCUT2D eigenvalue weighted by Crippen LogP contribution is 2.30. The number of aromatic nitrogens is 2. The number of nitriles is 2. The highest BCUT2D eigenvalue weighted by molar-refractivity contribution is 5.93. The molecule has 0 aliphatic carbocycles. The summed E-state index contributed by atoms with van der Waals surface area (Å²) < 4.78 is 7.70. The predicted octanol–water partition coefficient (Wildman–Crippen LogP) is 4.17. The van der Waals surface area contributed by atoms with Gasteiger partial charge in [0.05, 0.1) is 17.8 Å². The molecule has 0 radical (unpaired) electrons. The van der Waals surface area contributed by atoms with Crippen LogP contribution in [-0.4, -0.2) is 33.7 Å². The second-order valence-electron chi connectivity index (χ2n) is 6.71. The Morgan fingerprint density at radius 1 is 1.06 bits per heavy atom. The number of nitrogens with zero attached hydrogens (tertiary/aromatic N) is 5. The Morgan fingerprint density at radius 3 is 2.48 bits per heavy atom. The summed E-state index contributed by atoms with van der Waals surface area (Å²) in [5.41, 5.74) is 2.86. The zero-order valence-corrected chi connectivity index (χ0v) is 16.5. The minimum Gasteiger partial charge on any atom is -0.454 e. The highest BCUT2D eigenvalue weighted by atomic mass is 16.3. The van der Waals surface area contributed by atoms with Gasteiger partial charge in [-0.05, 0) is 30.3 Å². The lowest BCUT2D eigenvalue weighted by molar-refractivity contribution is -0.124. The van der Waals surface area contributed by atoms with E-state index in [-0.39, 0.29) is 13.1 Å². The monoisotopic (exact) mass is 407 g/mol. The summed E-state index contributed by atoms with van der Waals surface area (Å²) in [7, 11) is 0. The summed E-state index contributed by atoms with van der Waals surface area (Å²) in [6.07, 6.45) is 4.77. The zero-order valence-electron chi connectivity index (χ0n) is 16.5. The second-order valence-corrected chi connectivity index (χ2v) is 6.71. The van der Waals surface area contributed by atoms with Gasteiger partial charge in [0.1, 0.15) is 24.4 Å². The summed E-state index contributed by atoms with van der Waals surface area (Å²) in [5.74, 6) is 0.153. The van der Waals surface area contributed by atoms with Crippen molar-refractivity contribution < 1.29 is 9.21 Å². The first-order chi connectivity index (χ1) is 15.2. The van der Waals surface area contributed by atoms with Crippen molar-refractivity contribution in [2.75, 3.05) is 13.1 Å². The average Bonchev–Trinajstić information content (AvgIpc) is 3.42. The number of carbonyl (C=O) groups excluding carboxylic acids is 1. The molecule has 0 aliphatic heterocycles. The van der Waals surface area contributed by atoms with Crippen molar-refractivity contribution in [3.63, 3.8) is 0 Å². The molecule has 2 aromatic carbocycles. The van der Waals surface area contributed by atoms with E-state index in [0.29, 0.717) is 17.0 Å². The molecule has 0 bridgehead atoms. The van der Waals surface area contributed by atoms with Gasteiger partial charge in [0.2, 0.25) is 5.91 Å². The maximum Gasteiger partial charge on any atom is 0.248 e. The molecule has 7 nitrogen and oxygen atoms in total. The maximum absolute atomic E-state index is 12.4. The van der Waals surface area contributed by atoms with Crippen LogP contribution < -0.4 is 0 Å². The van der Waals surface area contributed by atoms with Crippen molar-refractivity contribution in [1.82, 2.24) is 14.7 Å². The third-order valence-electron chi connectivity index (χ3n) is 4.66. The summed E-state index contributed by atoms with van der Waals surface area (Å²) in [6.45, 7) is -0.313. The smallest absolute Gasteiger partial charge is 0.248 e. The molecule has 2 aromatic heterocycles. The van der Waals surface area contributed by atoms with Crippen molar-refractivity contribution in [1.29, 1.82) is 10.5 Å². The normalized spacial score (nSPS) is 10.8. The predicted molar refractivity (Wildman–Crippen MR) is 116 cm³/mol. The lowest BCUT2D eigenvalue weighted by atomic mass is 10.1. The van der Waals surface area contributed by atoms with Crippen molar-refractivity contribution in [3.8, 4) is 29.3 Å². The van der Waals surface area contributed by atoms with Crippen molar-refractivity contribution >= 4 is 23.0 Å². The Hall–Kier alpha value is -4.62. The molecule has 0 atom stereocenters. The van der Waals surface area contributed by atoms with Crippen LogP contribution >= 0.6 is 0 Å². The van der Waals surface area contributed by atoms with E-state index in [9.17, 15) is 4.79 Å². The van der Waals surface area contributed by atoms with Crippen molar-refractivity contribution in [2.45, 2.75) is 0 Å². The van der Waals surface area contributed by atoms with Crippen molar-refractivity contribution in [2.24, 2.45) is 0 Å². The standard InChI is InChI=1S/C24H17N5O2/c25-12-14-28(15-13-26)23(30)11-10-19-17-29(20-7-2-1-3-8-20)27-24(19)22-16-18-6-4-5-9-21(18)31-22/h1-11,16-17H,14-15H2. The molecule has 1 amide bonds. The second kappa shape index (κ2) is 8.81. The van der Waals surface area contributed by atoms with E-state index in [1.807, 2.05) is 72.8 Å². The fourth-order valence-electron chi connectivity index (χ4n) is 3.16. The molecule has 150 valence electrons. The molecule has 4 rings (SSSR count). The van der Waals surface area contributed by atoms with E-state index in [2.05, 4.69) is 5.10 Å². The maximum atomic E-state index is 12.4. The van der Waals surface area contributed by atoms with Crippen LogP contribution in [0, 0.1) is 22.7 Å². The molecule has 0 aliphatic rings. The van der Waals surface area contributed by atoms with E-state index in [1.165, 1.54) is 11.0 Å². The van der Waals surface area contributed by atoms with E-state index in [0.717, 1.165) is 16.7 Å². The third kappa shape index (κ3) is 4.21. The van der Waals surface area contributed by atoms with E-state index < -0.39 is 5.91 Å². The van der Waals surface area contributed by atoms with Crippen LogP contribution in [0.4, 0.5) is 0 Å². The van der Waals surface area contributed by atoms with E-state index in [4.69, 9.17) is 14.9 Å². The van der Waals surface area contributed by atoms with Crippen LogP contribution in [0.15, 0.2) is 77.4 Å². The van der Waals surface area contributed by atoms with Gasteiger partial charge in [0, 0.05) is 23.2 Å². The lowest BCUT2D eigenvalue weighted by Gasteiger charge is -2.12. The molecule has 0 saturated carbocycles. The minimum atomic E-state index is -0.425. The fourth-order valence-corrected chi connectivity index (χ4v) is 3.16. The molecule has 0 fully saturated rings. The highest BCUT2D eigenvalue weighted by Gasteiger charge is 2.16. The molecular formula is C24H17N5O2. The number of fused-ring (bicyclic) bond motifs is 1. The van der Waals surface area contributed by atoms with Gasteiger partial charge in [-0.3, -0.25) is 4.79 Å². The summed E-state index contributed by atoms with van der Waals surface area (Å²) in [6, 6.07) is 23.0. The number of furan rings is 1. The first-order valence-electron chi connectivity index (χ1n) is 9.54. The van der Waals surface area contributed by atoms with Crippen LogP contribution in [0.5, 0.6) is 0 Å². The topological polar surface area (TPSA) is 98.8 Å². The molecule has 0 N–H and O–H groups in total.